The van der Waals surface area contributed by atoms with Crippen LogP contribution in [-0.4, -0.2) is 23.5 Å². The number of hydrogen-bond donors (Lipinski definition) is 2. The molecule has 0 aliphatic carbocycles. The molecule has 0 unspecified atom stereocenters. The highest BCUT2D eigenvalue weighted by Gasteiger charge is 2.11. The highest BCUT2D eigenvalue weighted by atomic mass is 19.3. The number of nitrogens with two attached hydrogens (primary N) is 1. The molecule has 0 aromatic rings. The number of rotatable bonds is 5. The minimum Gasteiger partial charge on any atom is -0.480 e. The number of carboxylic acid groups (broad SMARTS) is 1. The fraction of sp³-hybridized carbons (Fsp3) is 0.833. The van der Waals surface area contributed by atoms with Crippen LogP contribution in [0, 0.1) is 0 Å². The van der Waals surface area contributed by atoms with Crippen molar-refractivity contribution >= 4 is 5.97 Å². The predicted molar refractivity (Wildman–Crippen MR) is 35.5 cm³/mol. The maximum absolute atomic E-state index is 11.5. The molecule has 0 heterocycles. The summed E-state index contributed by atoms with van der Waals surface area (Å²) in [6.07, 6.45) is -2.37. The summed E-state index contributed by atoms with van der Waals surface area (Å²) in [6.45, 7) is 0. The van der Waals surface area contributed by atoms with E-state index < -0.39 is 18.4 Å². The summed E-state index contributed by atoms with van der Waals surface area (Å²) in [7, 11) is 0. The lowest BCUT2D eigenvalue weighted by Crippen LogP contribution is -2.29. The summed E-state index contributed by atoms with van der Waals surface area (Å²) in [5.41, 5.74) is 5.06. The van der Waals surface area contributed by atoms with Crippen LogP contribution in [0.1, 0.15) is 19.3 Å². The van der Waals surface area contributed by atoms with Gasteiger partial charge in [-0.15, -0.1) is 0 Å². The Kier molecular flexibility index (Phi) is 4.69. The van der Waals surface area contributed by atoms with Gasteiger partial charge in [0.25, 0.3) is 0 Å². The van der Waals surface area contributed by atoms with Crippen molar-refractivity contribution < 1.29 is 18.7 Å². The second kappa shape index (κ2) is 5.01. The third kappa shape index (κ3) is 5.72. The average Bonchev–Trinajstić information content (AvgIpc) is 1.86. The molecule has 0 saturated carbocycles. The Bertz CT molecular complexity index is 130. The maximum atomic E-state index is 11.5. The molecule has 0 radical (unpaired) electrons. The van der Waals surface area contributed by atoms with Gasteiger partial charge in [-0.25, -0.2) is 8.78 Å². The molecule has 0 amide bonds. The molecule has 66 valence electrons. The average molecular weight is 167 g/mol. The van der Waals surface area contributed by atoms with Crippen LogP contribution in [-0.2, 0) is 4.79 Å². The zero-order valence-electron chi connectivity index (χ0n) is 5.96. The molecule has 3 nitrogen and oxygen atoms in total. The predicted octanol–water partition coefficient (Wildman–Crippen LogP) is 0.834. The molecule has 0 spiro atoms. The Hall–Kier alpha value is -0.710. The Morgan fingerprint density at radius 2 is 2.00 bits per heavy atom. The Morgan fingerprint density at radius 1 is 1.45 bits per heavy atom. The van der Waals surface area contributed by atoms with Crippen molar-refractivity contribution in [3.8, 4) is 0 Å². The molecule has 1 atom stereocenters. The van der Waals surface area contributed by atoms with Gasteiger partial charge in [-0.2, -0.15) is 0 Å². The lowest BCUT2D eigenvalue weighted by molar-refractivity contribution is -0.138. The van der Waals surface area contributed by atoms with Crippen LogP contribution in [0.2, 0.25) is 0 Å². The monoisotopic (exact) mass is 167 g/mol. The summed E-state index contributed by atoms with van der Waals surface area (Å²) in [6, 6.07) is -1.01. The van der Waals surface area contributed by atoms with Crippen molar-refractivity contribution in [2.75, 3.05) is 0 Å². The van der Waals surface area contributed by atoms with Gasteiger partial charge in [0.1, 0.15) is 6.04 Å². The summed E-state index contributed by atoms with van der Waals surface area (Å²) >= 11 is 0. The van der Waals surface area contributed by atoms with E-state index in [1.54, 1.807) is 0 Å². The molecule has 0 aromatic carbocycles. The molecule has 0 aromatic heterocycles. The van der Waals surface area contributed by atoms with Gasteiger partial charge >= 0.3 is 5.97 Å². The van der Waals surface area contributed by atoms with Gasteiger partial charge in [-0.3, -0.25) is 4.79 Å². The van der Waals surface area contributed by atoms with E-state index in [4.69, 9.17) is 10.8 Å². The van der Waals surface area contributed by atoms with Crippen molar-refractivity contribution in [1.29, 1.82) is 0 Å². The Labute approximate surface area is 63.2 Å². The first-order valence-electron chi connectivity index (χ1n) is 3.30. The molecule has 0 fully saturated rings. The molecular formula is C6H11F2NO2. The Balaban J connectivity index is 3.31. The van der Waals surface area contributed by atoms with Gasteiger partial charge in [0, 0.05) is 6.42 Å². The standard InChI is InChI=1S/C6H11F2NO2/c7-5(8)3-1-2-4(9)6(10)11/h4-5H,1-3,9H2,(H,10,11)/t4-/m0/s1. The molecule has 0 bridgehead atoms. The van der Waals surface area contributed by atoms with Crippen LogP contribution in [0.3, 0.4) is 0 Å². The van der Waals surface area contributed by atoms with Gasteiger partial charge in [0.05, 0.1) is 0 Å². The van der Waals surface area contributed by atoms with Crippen LogP contribution in [0.25, 0.3) is 0 Å². The normalized spacial score (nSPS) is 13.5. The quantitative estimate of drug-likeness (QED) is 0.637. The number of aliphatic carboxylic acids is 1. The number of alkyl halides is 2. The van der Waals surface area contributed by atoms with E-state index in [2.05, 4.69) is 0 Å². The van der Waals surface area contributed by atoms with E-state index in [1.165, 1.54) is 0 Å². The highest BCUT2D eigenvalue weighted by molar-refractivity contribution is 5.72. The summed E-state index contributed by atoms with van der Waals surface area (Å²) in [4.78, 5) is 10.1. The lowest BCUT2D eigenvalue weighted by Gasteiger charge is -2.04. The summed E-state index contributed by atoms with van der Waals surface area (Å²) in [5, 5.41) is 8.23. The van der Waals surface area contributed by atoms with E-state index >= 15 is 0 Å². The zero-order valence-corrected chi connectivity index (χ0v) is 5.96. The van der Waals surface area contributed by atoms with E-state index in [-0.39, 0.29) is 19.3 Å². The molecule has 3 N–H and O–H groups in total. The lowest BCUT2D eigenvalue weighted by atomic mass is 10.1. The number of halogens is 2. The minimum atomic E-state index is -2.36. The van der Waals surface area contributed by atoms with Gasteiger partial charge in [0.2, 0.25) is 6.43 Å². The maximum Gasteiger partial charge on any atom is 0.320 e. The second-order valence-electron chi connectivity index (χ2n) is 2.27. The first-order chi connectivity index (χ1) is 5.04. The molecule has 0 aliphatic rings. The van der Waals surface area contributed by atoms with Crippen molar-refractivity contribution in [3.05, 3.63) is 0 Å². The molecule has 0 saturated heterocycles. The zero-order chi connectivity index (χ0) is 8.85. The van der Waals surface area contributed by atoms with Crippen LogP contribution in [0.4, 0.5) is 8.78 Å². The molecular weight excluding hydrogens is 156 g/mol. The van der Waals surface area contributed by atoms with Crippen LogP contribution >= 0.6 is 0 Å². The van der Waals surface area contributed by atoms with Gasteiger partial charge < -0.3 is 10.8 Å². The van der Waals surface area contributed by atoms with Crippen LogP contribution < -0.4 is 5.73 Å². The minimum absolute atomic E-state index is 0.111. The Morgan fingerprint density at radius 3 is 2.36 bits per heavy atom. The first-order valence-corrected chi connectivity index (χ1v) is 3.30. The van der Waals surface area contributed by atoms with Gasteiger partial charge in [-0.1, -0.05) is 0 Å². The van der Waals surface area contributed by atoms with Crippen molar-refractivity contribution in [3.63, 3.8) is 0 Å². The van der Waals surface area contributed by atoms with E-state index in [0.29, 0.717) is 0 Å². The number of carbonyl (C=O) groups is 1. The smallest absolute Gasteiger partial charge is 0.320 e. The van der Waals surface area contributed by atoms with E-state index in [0.717, 1.165) is 0 Å². The molecule has 11 heavy (non-hydrogen) atoms. The second-order valence-corrected chi connectivity index (χ2v) is 2.27. The van der Waals surface area contributed by atoms with Gasteiger partial charge in [0.15, 0.2) is 0 Å². The third-order valence-corrected chi connectivity index (χ3v) is 1.25. The topological polar surface area (TPSA) is 63.3 Å². The van der Waals surface area contributed by atoms with E-state index in [1.807, 2.05) is 0 Å². The highest BCUT2D eigenvalue weighted by Crippen LogP contribution is 2.06. The fourth-order valence-electron chi connectivity index (χ4n) is 0.616. The van der Waals surface area contributed by atoms with E-state index in [9.17, 15) is 13.6 Å². The third-order valence-electron chi connectivity index (χ3n) is 1.25. The molecule has 5 heteroatoms. The van der Waals surface area contributed by atoms with Crippen molar-refractivity contribution in [2.45, 2.75) is 31.7 Å². The van der Waals surface area contributed by atoms with Crippen molar-refractivity contribution in [2.24, 2.45) is 5.73 Å². The van der Waals surface area contributed by atoms with Crippen LogP contribution in [0.5, 0.6) is 0 Å². The summed E-state index contributed by atoms with van der Waals surface area (Å²) in [5.74, 6) is -1.14. The molecule has 0 rings (SSSR count). The van der Waals surface area contributed by atoms with Crippen LogP contribution in [0.15, 0.2) is 0 Å². The molecule has 0 aliphatic heterocycles. The summed E-state index contributed by atoms with van der Waals surface area (Å²) < 4.78 is 23.0. The van der Waals surface area contributed by atoms with Gasteiger partial charge in [-0.05, 0) is 12.8 Å². The fourth-order valence-corrected chi connectivity index (χ4v) is 0.616. The number of hydrogen-bond acceptors (Lipinski definition) is 2. The van der Waals surface area contributed by atoms with Crippen molar-refractivity contribution in [1.82, 2.24) is 0 Å². The largest absolute Gasteiger partial charge is 0.480 e. The number of carboxylic acids is 1. The SMILES string of the molecule is N[C@@H](CCCC(F)F)C(=O)O. The first kappa shape index (κ1) is 10.3.